The van der Waals surface area contributed by atoms with Gasteiger partial charge >= 0.3 is 5.97 Å². The Hall–Kier alpha value is -1.36. The Morgan fingerprint density at radius 2 is 1.67 bits per heavy atom. The molecule has 21 heavy (non-hydrogen) atoms. The van der Waals surface area contributed by atoms with Crippen LogP contribution >= 0.6 is 0 Å². The molecule has 2 fully saturated rings. The van der Waals surface area contributed by atoms with Crippen LogP contribution in [-0.4, -0.2) is 34.1 Å². The first-order chi connectivity index (χ1) is 9.99. The first kappa shape index (κ1) is 14.6. The van der Waals surface area contributed by atoms with E-state index in [1.807, 2.05) is 17.2 Å². The van der Waals surface area contributed by atoms with Crippen molar-refractivity contribution in [1.29, 1.82) is 0 Å². The highest BCUT2D eigenvalue weighted by Gasteiger charge is 2.52. The number of hydrazine groups is 1. The molecule has 0 spiro atoms. The number of aliphatic carboxylic acids is 1. The van der Waals surface area contributed by atoms with Gasteiger partial charge in [-0.05, 0) is 44.9 Å². The van der Waals surface area contributed by atoms with Crippen molar-refractivity contribution in [2.75, 3.05) is 0 Å². The van der Waals surface area contributed by atoms with Crippen molar-refractivity contribution in [3.05, 3.63) is 12.2 Å². The molecule has 0 aromatic rings. The van der Waals surface area contributed by atoms with Crippen molar-refractivity contribution >= 4 is 11.9 Å². The predicted molar refractivity (Wildman–Crippen MR) is 78.1 cm³/mol. The molecule has 2 bridgehead atoms. The first-order valence-electron chi connectivity index (χ1n) is 7.99. The molecule has 0 aromatic carbocycles. The summed E-state index contributed by atoms with van der Waals surface area (Å²) in [5.74, 6) is -1.81. The number of carboxylic acids is 1. The molecule has 5 heteroatoms. The minimum absolute atomic E-state index is 0.0273. The van der Waals surface area contributed by atoms with Gasteiger partial charge < -0.3 is 5.11 Å². The summed E-state index contributed by atoms with van der Waals surface area (Å²) in [6.45, 7) is 4.23. The number of carboxylic acid groups (broad SMARTS) is 1. The van der Waals surface area contributed by atoms with E-state index >= 15 is 0 Å². The average molecular weight is 292 g/mol. The molecule has 6 atom stereocenters. The minimum atomic E-state index is -0.841. The third-order valence-electron chi connectivity index (χ3n) is 5.48. The lowest BCUT2D eigenvalue weighted by Crippen LogP contribution is -2.56. The fourth-order valence-electron chi connectivity index (χ4n) is 4.36. The number of nitrogens with one attached hydrogen (secondary N) is 1. The maximum atomic E-state index is 12.7. The number of amides is 1. The van der Waals surface area contributed by atoms with Crippen molar-refractivity contribution in [2.45, 2.75) is 51.6 Å². The molecule has 1 heterocycles. The predicted octanol–water partition coefficient (Wildman–Crippen LogP) is 1.80. The zero-order valence-electron chi connectivity index (χ0n) is 12.7. The molecular weight excluding hydrogens is 268 g/mol. The van der Waals surface area contributed by atoms with E-state index in [4.69, 9.17) is 0 Å². The molecular formula is C16H24N2O3. The molecule has 2 N–H and O–H groups in total. The third-order valence-corrected chi connectivity index (χ3v) is 5.48. The van der Waals surface area contributed by atoms with Gasteiger partial charge in [-0.25, -0.2) is 5.01 Å². The Balaban J connectivity index is 1.73. The lowest BCUT2D eigenvalue weighted by Gasteiger charge is -2.40. The Kier molecular flexibility index (Phi) is 3.78. The number of rotatable bonds is 3. The molecule has 1 saturated heterocycles. The lowest BCUT2D eigenvalue weighted by molar-refractivity contribution is -0.150. The summed E-state index contributed by atoms with van der Waals surface area (Å²) in [6.07, 6.45) is 8.13. The molecule has 5 nitrogen and oxygen atoms in total. The van der Waals surface area contributed by atoms with Crippen LogP contribution in [0.5, 0.6) is 0 Å². The van der Waals surface area contributed by atoms with E-state index < -0.39 is 17.8 Å². The lowest BCUT2D eigenvalue weighted by atomic mass is 9.82. The first-order valence-corrected chi connectivity index (χ1v) is 7.99. The fraction of sp³-hybridized carbons (Fsp3) is 0.750. The van der Waals surface area contributed by atoms with E-state index in [1.54, 1.807) is 0 Å². The van der Waals surface area contributed by atoms with Gasteiger partial charge in [0.2, 0.25) is 5.91 Å². The zero-order valence-corrected chi connectivity index (χ0v) is 12.7. The van der Waals surface area contributed by atoms with E-state index in [0.717, 1.165) is 19.3 Å². The maximum absolute atomic E-state index is 12.7. The SMILES string of the molecule is CC1CCCC(C)N1NC(=O)[C@H]1C2C=CC(C2)[C@H]1C(=O)O. The molecule has 3 rings (SSSR count). The monoisotopic (exact) mass is 292 g/mol. The standard InChI is InChI=1S/C16H24N2O3/c1-9-4-3-5-10(2)18(9)17-15(19)13-11-6-7-12(8-11)14(13)16(20)21/h6-7,9-14H,3-5,8H2,1-2H3,(H,17,19)(H,20,21)/t9?,10?,11?,12?,13-,14+/m0/s1. The fourth-order valence-corrected chi connectivity index (χ4v) is 4.36. The van der Waals surface area contributed by atoms with E-state index in [1.165, 1.54) is 6.42 Å². The molecule has 3 aliphatic rings. The number of carbonyl (C=O) groups excluding carboxylic acids is 1. The number of hydrogen-bond acceptors (Lipinski definition) is 3. The van der Waals surface area contributed by atoms with Crippen LogP contribution in [0.4, 0.5) is 0 Å². The second kappa shape index (κ2) is 5.44. The van der Waals surface area contributed by atoms with Crippen LogP contribution in [0.1, 0.15) is 39.5 Å². The van der Waals surface area contributed by atoms with Crippen LogP contribution in [0.3, 0.4) is 0 Å². The van der Waals surface area contributed by atoms with E-state index in [2.05, 4.69) is 19.3 Å². The van der Waals surface area contributed by atoms with Gasteiger partial charge in [0.1, 0.15) is 0 Å². The Labute approximate surface area is 125 Å². The number of fused-ring (bicyclic) bond motifs is 2. The molecule has 1 aliphatic heterocycles. The smallest absolute Gasteiger partial charge is 0.307 e. The summed E-state index contributed by atoms with van der Waals surface area (Å²) in [7, 11) is 0. The van der Waals surface area contributed by atoms with Gasteiger partial charge in [0.25, 0.3) is 0 Å². The summed E-state index contributed by atoms with van der Waals surface area (Å²) in [5, 5.41) is 11.5. The van der Waals surface area contributed by atoms with E-state index in [9.17, 15) is 14.7 Å². The normalized spacial score (nSPS) is 42.2. The van der Waals surface area contributed by atoms with Crippen molar-refractivity contribution in [1.82, 2.24) is 10.4 Å². The second-order valence-electron chi connectivity index (χ2n) is 6.85. The summed E-state index contributed by atoms with van der Waals surface area (Å²) < 4.78 is 0. The number of piperidine rings is 1. The van der Waals surface area contributed by atoms with Crippen LogP contribution in [0, 0.1) is 23.7 Å². The van der Waals surface area contributed by atoms with Crippen molar-refractivity contribution in [2.24, 2.45) is 23.7 Å². The van der Waals surface area contributed by atoms with Gasteiger partial charge in [0, 0.05) is 12.1 Å². The van der Waals surface area contributed by atoms with Crippen molar-refractivity contribution in [3.63, 3.8) is 0 Å². The van der Waals surface area contributed by atoms with Gasteiger partial charge in [-0.15, -0.1) is 0 Å². The van der Waals surface area contributed by atoms with E-state index in [-0.39, 0.29) is 17.7 Å². The van der Waals surface area contributed by atoms with Crippen LogP contribution < -0.4 is 5.43 Å². The number of nitrogens with zero attached hydrogens (tertiary/aromatic N) is 1. The largest absolute Gasteiger partial charge is 0.481 e. The van der Waals surface area contributed by atoms with Gasteiger partial charge in [-0.2, -0.15) is 0 Å². The Morgan fingerprint density at radius 1 is 1.10 bits per heavy atom. The molecule has 0 radical (unpaired) electrons. The third kappa shape index (κ3) is 2.48. The van der Waals surface area contributed by atoms with Gasteiger partial charge in [0.15, 0.2) is 0 Å². The van der Waals surface area contributed by atoms with Crippen LogP contribution in [-0.2, 0) is 9.59 Å². The second-order valence-corrected chi connectivity index (χ2v) is 6.85. The van der Waals surface area contributed by atoms with Gasteiger partial charge in [0.05, 0.1) is 11.8 Å². The molecule has 116 valence electrons. The highest BCUT2D eigenvalue weighted by molar-refractivity contribution is 5.86. The molecule has 1 amide bonds. The zero-order chi connectivity index (χ0) is 15.1. The Morgan fingerprint density at radius 3 is 2.24 bits per heavy atom. The van der Waals surface area contributed by atoms with Crippen molar-refractivity contribution < 1.29 is 14.7 Å². The number of allylic oxidation sites excluding steroid dienone is 2. The van der Waals surface area contributed by atoms with Gasteiger partial charge in [-0.1, -0.05) is 18.6 Å². The molecule has 2 aliphatic carbocycles. The van der Waals surface area contributed by atoms with Gasteiger partial charge in [-0.3, -0.25) is 15.0 Å². The highest BCUT2D eigenvalue weighted by Crippen LogP contribution is 2.48. The topological polar surface area (TPSA) is 69.6 Å². The number of carbonyl (C=O) groups is 2. The summed E-state index contributed by atoms with van der Waals surface area (Å²) in [4.78, 5) is 24.2. The average Bonchev–Trinajstić information content (AvgIpc) is 3.03. The van der Waals surface area contributed by atoms with Crippen LogP contribution in [0.25, 0.3) is 0 Å². The molecule has 0 aromatic heterocycles. The minimum Gasteiger partial charge on any atom is -0.481 e. The maximum Gasteiger partial charge on any atom is 0.307 e. The quantitative estimate of drug-likeness (QED) is 0.778. The molecule has 4 unspecified atom stereocenters. The van der Waals surface area contributed by atoms with E-state index in [0.29, 0.717) is 12.1 Å². The summed E-state index contributed by atoms with van der Waals surface area (Å²) in [6, 6.07) is 0.630. The summed E-state index contributed by atoms with van der Waals surface area (Å²) >= 11 is 0. The number of hydrogen-bond donors (Lipinski definition) is 2. The van der Waals surface area contributed by atoms with Crippen LogP contribution in [0.2, 0.25) is 0 Å². The Bertz CT molecular complexity index is 466. The summed E-state index contributed by atoms with van der Waals surface area (Å²) in [5.41, 5.74) is 3.03. The highest BCUT2D eigenvalue weighted by atomic mass is 16.4. The van der Waals surface area contributed by atoms with Crippen molar-refractivity contribution in [3.8, 4) is 0 Å². The van der Waals surface area contributed by atoms with Crippen LogP contribution in [0.15, 0.2) is 12.2 Å². The molecule has 1 saturated carbocycles.